The summed E-state index contributed by atoms with van der Waals surface area (Å²) in [5.74, 6) is -0.565. The molecule has 0 saturated heterocycles. The summed E-state index contributed by atoms with van der Waals surface area (Å²) in [6.07, 6.45) is 0.761. The van der Waals surface area contributed by atoms with Gasteiger partial charge in [-0.2, -0.15) is 0 Å². The topological polar surface area (TPSA) is 67.2 Å². The van der Waals surface area contributed by atoms with E-state index in [9.17, 15) is 9.18 Å². The van der Waals surface area contributed by atoms with E-state index in [1.165, 1.54) is 6.07 Å². The van der Waals surface area contributed by atoms with Gasteiger partial charge in [0, 0.05) is 18.8 Å². The normalized spacial score (nSPS) is 11.9. The van der Waals surface area contributed by atoms with Gasteiger partial charge in [0.15, 0.2) is 0 Å². The molecule has 0 radical (unpaired) electrons. The molecule has 0 aliphatic heterocycles. The molecule has 2 aromatic carbocycles. The fourth-order valence-electron chi connectivity index (χ4n) is 2.16. The average molecular weight is 315 g/mol. The number of carbonyl (C=O) groups excluding carboxylic acids is 1. The van der Waals surface area contributed by atoms with Crippen LogP contribution < -0.4 is 16.4 Å². The van der Waals surface area contributed by atoms with Gasteiger partial charge in [0.25, 0.3) is 0 Å². The summed E-state index contributed by atoms with van der Waals surface area (Å²) < 4.78 is 13.1. The molecule has 4 N–H and O–H groups in total. The number of anilines is 1. The van der Waals surface area contributed by atoms with Crippen LogP contribution in [0.1, 0.15) is 18.1 Å². The van der Waals surface area contributed by atoms with Crippen molar-refractivity contribution in [3.05, 3.63) is 65.5 Å². The molecule has 0 aromatic heterocycles. The molecule has 2 aromatic rings. The molecular weight excluding hydrogens is 293 g/mol. The van der Waals surface area contributed by atoms with Crippen LogP contribution in [0.4, 0.5) is 10.1 Å². The highest BCUT2D eigenvalue weighted by molar-refractivity contribution is 5.79. The minimum Gasteiger partial charge on any atom is -0.385 e. The first kappa shape index (κ1) is 17.0. The third kappa shape index (κ3) is 5.71. The third-order valence-electron chi connectivity index (χ3n) is 3.62. The zero-order valence-corrected chi connectivity index (χ0v) is 13.2. The van der Waals surface area contributed by atoms with Gasteiger partial charge in [0.1, 0.15) is 5.82 Å². The number of primary amides is 1. The Balaban J connectivity index is 1.77. The van der Waals surface area contributed by atoms with E-state index in [4.69, 9.17) is 5.73 Å². The van der Waals surface area contributed by atoms with Gasteiger partial charge in [0.05, 0.1) is 6.04 Å². The highest BCUT2D eigenvalue weighted by Gasteiger charge is 2.06. The van der Waals surface area contributed by atoms with Gasteiger partial charge in [-0.15, -0.1) is 0 Å². The monoisotopic (exact) mass is 315 g/mol. The number of carbonyl (C=O) groups is 1. The van der Waals surface area contributed by atoms with Crippen LogP contribution in [0.5, 0.6) is 0 Å². The van der Waals surface area contributed by atoms with Crippen molar-refractivity contribution in [3.8, 4) is 0 Å². The first-order chi connectivity index (χ1) is 11.0. The van der Waals surface area contributed by atoms with Gasteiger partial charge in [0.2, 0.25) is 5.91 Å². The maximum absolute atomic E-state index is 13.1. The number of rotatable bonds is 8. The van der Waals surface area contributed by atoms with Crippen molar-refractivity contribution in [1.29, 1.82) is 0 Å². The maximum atomic E-state index is 13.1. The smallest absolute Gasteiger partial charge is 0.234 e. The summed E-state index contributed by atoms with van der Waals surface area (Å²) in [6, 6.07) is 14.2. The Morgan fingerprint density at radius 3 is 2.57 bits per heavy atom. The molecule has 5 heteroatoms. The van der Waals surface area contributed by atoms with Crippen molar-refractivity contribution in [2.75, 3.05) is 11.9 Å². The second-order valence-corrected chi connectivity index (χ2v) is 5.51. The zero-order valence-electron chi connectivity index (χ0n) is 13.2. The van der Waals surface area contributed by atoms with Crippen LogP contribution in [0.25, 0.3) is 0 Å². The molecular formula is C18H22FN3O. The Kier molecular flexibility index (Phi) is 6.11. The van der Waals surface area contributed by atoms with E-state index in [1.54, 1.807) is 19.1 Å². The van der Waals surface area contributed by atoms with Gasteiger partial charge in [-0.25, -0.2) is 4.39 Å². The fourth-order valence-corrected chi connectivity index (χ4v) is 2.16. The Morgan fingerprint density at radius 2 is 1.91 bits per heavy atom. The van der Waals surface area contributed by atoms with E-state index in [0.717, 1.165) is 29.8 Å². The van der Waals surface area contributed by atoms with E-state index in [1.807, 2.05) is 30.3 Å². The molecule has 0 fully saturated rings. The minimum atomic E-state index is -0.361. The SMILES string of the molecule is CC(NCc1ccc(NCCc2cccc(F)c2)cc1)C(N)=O. The Morgan fingerprint density at radius 1 is 1.17 bits per heavy atom. The lowest BCUT2D eigenvalue weighted by molar-refractivity contribution is -0.119. The number of nitrogens with one attached hydrogen (secondary N) is 2. The summed E-state index contributed by atoms with van der Waals surface area (Å²) in [7, 11) is 0. The average Bonchev–Trinajstić information content (AvgIpc) is 2.54. The fraction of sp³-hybridized carbons (Fsp3) is 0.278. The highest BCUT2D eigenvalue weighted by atomic mass is 19.1. The van der Waals surface area contributed by atoms with Crippen molar-refractivity contribution in [2.24, 2.45) is 5.73 Å². The van der Waals surface area contributed by atoms with Gasteiger partial charge >= 0.3 is 0 Å². The molecule has 4 nitrogen and oxygen atoms in total. The lowest BCUT2D eigenvalue weighted by Crippen LogP contribution is -2.38. The summed E-state index contributed by atoms with van der Waals surface area (Å²) in [5, 5.41) is 6.36. The summed E-state index contributed by atoms with van der Waals surface area (Å²) in [5.41, 5.74) is 8.26. The second-order valence-electron chi connectivity index (χ2n) is 5.51. The van der Waals surface area contributed by atoms with E-state index < -0.39 is 0 Å². The van der Waals surface area contributed by atoms with Crippen molar-refractivity contribution >= 4 is 11.6 Å². The van der Waals surface area contributed by atoms with E-state index in [2.05, 4.69) is 10.6 Å². The molecule has 1 amide bonds. The summed E-state index contributed by atoms with van der Waals surface area (Å²) in [6.45, 7) is 3.07. The van der Waals surface area contributed by atoms with Crippen LogP contribution in [-0.4, -0.2) is 18.5 Å². The van der Waals surface area contributed by atoms with Crippen molar-refractivity contribution in [3.63, 3.8) is 0 Å². The molecule has 0 aliphatic carbocycles. The molecule has 1 atom stereocenters. The molecule has 0 bridgehead atoms. The van der Waals surface area contributed by atoms with Crippen LogP contribution in [0.2, 0.25) is 0 Å². The Hall–Kier alpha value is -2.40. The van der Waals surface area contributed by atoms with Crippen molar-refractivity contribution in [1.82, 2.24) is 5.32 Å². The number of benzene rings is 2. The first-order valence-corrected chi connectivity index (χ1v) is 7.64. The van der Waals surface area contributed by atoms with Crippen LogP contribution >= 0.6 is 0 Å². The van der Waals surface area contributed by atoms with Crippen LogP contribution in [0, 0.1) is 5.82 Å². The molecule has 1 unspecified atom stereocenters. The number of hydrogen-bond donors (Lipinski definition) is 3. The van der Waals surface area contributed by atoms with E-state index in [0.29, 0.717) is 6.54 Å². The molecule has 122 valence electrons. The van der Waals surface area contributed by atoms with Crippen LogP contribution in [0.3, 0.4) is 0 Å². The lowest BCUT2D eigenvalue weighted by atomic mass is 10.1. The molecule has 0 heterocycles. The van der Waals surface area contributed by atoms with Gasteiger partial charge < -0.3 is 16.4 Å². The second kappa shape index (κ2) is 8.29. The number of hydrogen-bond acceptors (Lipinski definition) is 3. The summed E-state index contributed by atoms with van der Waals surface area (Å²) >= 11 is 0. The number of nitrogens with two attached hydrogens (primary N) is 1. The minimum absolute atomic E-state index is 0.204. The number of amides is 1. The van der Waals surface area contributed by atoms with Crippen LogP contribution in [-0.2, 0) is 17.8 Å². The number of halogens is 1. The molecule has 2 rings (SSSR count). The predicted octanol–water partition coefficient (Wildman–Crippen LogP) is 2.44. The van der Waals surface area contributed by atoms with Gasteiger partial charge in [-0.1, -0.05) is 24.3 Å². The third-order valence-corrected chi connectivity index (χ3v) is 3.62. The van der Waals surface area contributed by atoms with Crippen molar-refractivity contribution in [2.45, 2.75) is 25.9 Å². The standard InChI is InChI=1S/C18H22FN3O/c1-13(18(20)23)22-12-15-5-7-17(8-6-15)21-10-9-14-3-2-4-16(19)11-14/h2-8,11,13,21-22H,9-10,12H2,1H3,(H2,20,23). The summed E-state index contributed by atoms with van der Waals surface area (Å²) in [4.78, 5) is 11.0. The zero-order chi connectivity index (χ0) is 16.7. The Bertz CT molecular complexity index is 643. The Labute approximate surface area is 135 Å². The van der Waals surface area contributed by atoms with E-state index >= 15 is 0 Å². The quantitative estimate of drug-likeness (QED) is 0.701. The maximum Gasteiger partial charge on any atom is 0.234 e. The molecule has 0 saturated carbocycles. The molecule has 23 heavy (non-hydrogen) atoms. The van der Waals surface area contributed by atoms with Crippen molar-refractivity contribution < 1.29 is 9.18 Å². The van der Waals surface area contributed by atoms with Gasteiger partial charge in [-0.3, -0.25) is 4.79 Å². The molecule has 0 spiro atoms. The first-order valence-electron chi connectivity index (χ1n) is 7.64. The van der Waals surface area contributed by atoms with E-state index in [-0.39, 0.29) is 17.8 Å². The lowest BCUT2D eigenvalue weighted by Gasteiger charge is -2.11. The molecule has 0 aliphatic rings. The highest BCUT2D eigenvalue weighted by Crippen LogP contribution is 2.10. The van der Waals surface area contributed by atoms with Crippen LogP contribution in [0.15, 0.2) is 48.5 Å². The van der Waals surface area contributed by atoms with Gasteiger partial charge in [-0.05, 0) is 48.7 Å². The largest absolute Gasteiger partial charge is 0.385 e. The predicted molar refractivity (Wildman–Crippen MR) is 90.5 cm³/mol.